The van der Waals surface area contributed by atoms with E-state index in [2.05, 4.69) is 170 Å². The van der Waals surface area contributed by atoms with Crippen molar-refractivity contribution in [2.75, 3.05) is 4.90 Å². The summed E-state index contributed by atoms with van der Waals surface area (Å²) in [5.41, 5.74) is 9.55. The van der Waals surface area contributed by atoms with Gasteiger partial charge in [0.2, 0.25) is 0 Å². The fourth-order valence-corrected chi connectivity index (χ4v) is 5.77. The number of para-hydroxylation sites is 1. The number of rotatable bonds is 5. The number of hydrogen-bond donors (Lipinski definition) is 0. The molecule has 1 nitrogen and oxygen atoms in total. The van der Waals surface area contributed by atoms with Gasteiger partial charge in [-0.2, -0.15) is 0 Å². The van der Waals surface area contributed by atoms with E-state index >= 15 is 0 Å². The van der Waals surface area contributed by atoms with Crippen molar-refractivity contribution in [3.63, 3.8) is 0 Å². The van der Waals surface area contributed by atoms with Crippen LogP contribution in [0.5, 0.6) is 0 Å². The normalized spacial score (nSPS) is 11.1. The van der Waals surface area contributed by atoms with Gasteiger partial charge in [0.15, 0.2) is 0 Å². The third kappa shape index (κ3) is 4.32. The first-order chi connectivity index (χ1) is 19.8. The summed E-state index contributed by atoms with van der Waals surface area (Å²) < 4.78 is 0. The van der Waals surface area contributed by atoms with Crippen LogP contribution in [0.2, 0.25) is 0 Å². The molecule has 0 N–H and O–H groups in total. The van der Waals surface area contributed by atoms with Crippen molar-refractivity contribution in [1.29, 1.82) is 0 Å². The van der Waals surface area contributed by atoms with Crippen LogP contribution in [0.15, 0.2) is 158 Å². The molecule has 0 aliphatic rings. The zero-order chi connectivity index (χ0) is 26.9. The maximum absolute atomic E-state index is 2.43. The van der Waals surface area contributed by atoms with Gasteiger partial charge in [0.05, 0.1) is 5.69 Å². The second-order valence-corrected chi connectivity index (χ2v) is 10.3. The van der Waals surface area contributed by atoms with E-state index in [1.54, 1.807) is 0 Å². The van der Waals surface area contributed by atoms with Crippen LogP contribution < -0.4 is 4.90 Å². The number of aryl methyl sites for hydroxylation is 1. The van der Waals surface area contributed by atoms with Gasteiger partial charge in [0.1, 0.15) is 0 Å². The van der Waals surface area contributed by atoms with Crippen molar-refractivity contribution < 1.29 is 0 Å². The minimum absolute atomic E-state index is 1.13. The second kappa shape index (κ2) is 10.2. The van der Waals surface area contributed by atoms with Crippen LogP contribution in [0, 0.1) is 6.92 Å². The first kappa shape index (κ1) is 23.9. The van der Waals surface area contributed by atoms with E-state index in [4.69, 9.17) is 0 Å². The predicted molar refractivity (Wildman–Crippen MR) is 172 cm³/mol. The molecular formula is C39H29N. The van der Waals surface area contributed by atoms with E-state index in [1.807, 2.05) is 0 Å². The van der Waals surface area contributed by atoms with E-state index in [-0.39, 0.29) is 0 Å². The molecule has 0 amide bonds. The van der Waals surface area contributed by atoms with E-state index in [9.17, 15) is 0 Å². The molecule has 0 saturated carbocycles. The van der Waals surface area contributed by atoms with E-state index in [0.717, 1.165) is 11.4 Å². The molecular weight excluding hydrogens is 482 g/mol. The number of benzene rings is 7. The highest BCUT2D eigenvalue weighted by atomic mass is 15.1. The lowest BCUT2D eigenvalue weighted by Crippen LogP contribution is -2.13. The van der Waals surface area contributed by atoms with Crippen molar-refractivity contribution in [2.24, 2.45) is 0 Å². The zero-order valence-electron chi connectivity index (χ0n) is 22.5. The highest BCUT2D eigenvalue weighted by molar-refractivity contribution is 6.07. The minimum atomic E-state index is 1.13. The quantitative estimate of drug-likeness (QED) is 0.222. The maximum Gasteiger partial charge on any atom is 0.0546 e. The van der Waals surface area contributed by atoms with Gasteiger partial charge in [-0.25, -0.2) is 0 Å². The summed E-state index contributed by atoms with van der Waals surface area (Å²) >= 11 is 0. The monoisotopic (exact) mass is 511 g/mol. The van der Waals surface area contributed by atoms with Gasteiger partial charge in [-0.1, -0.05) is 127 Å². The first-order valence-electron chi connectivity index (χ1n) is 13.8. The average molecular weight is 512 g/mol. The van der Waals surface area contributed by atoms with Crippen LogP contribution in [-0.4, -0.2) is 0 Å². The van der Waals surface area contributed by atoms with Gasteiger partial charge in [-0.3, -0.25) is 0 Å². The third-order valence-electron chi connectivity index (χ3n) is 7.75. The summed E-state index contributed by atoms with van der Waals surface area (Å²) in [6.07, 6.45) is 0. The fraction of sp³-hybridized carbons (Fsp3) is 0.0256. The Morgan fingerprint density at radius 3 is 1.93 bits per heavy atom. The van der Waals surface area contributed by atoms with Crippen molar-refractivity contribution in [3.8, 4) is 22.3 Å². The summed E-state index contributed by atoms with van der Waals surface area (Å²) in [5, 5.41) is 4.97. The van der Waals surface area contributed by atoms with Crippen LogP contribution in [-0.2, 0) is 0 Å². The summed E-state index contributed by atoms with van der Waals surface area (Å²) in [4.78, 5) is 2.43. The Kier molecular flexibility index (Phi) is 6.11. The summed E-state index contributed by atoms with van der Waals surface area (Å²) in [6, 6.07) is 56.9. The number of hydrogen-bond acceptors (Lipinski definition) is 1. The Bertz CT molecular complexity index is 1970. The summed E-state index contributed by atoms with van der Waals surface area (Å²) in [5.74, 6) is 0. The average Bonchev–Trinajstić information content (AvgIpc) is 3.02. The lowest BCUT2D eigenvalue weighted by atomic mass is 9.93. The number of fused-ring (bicyclic) bond motifs is 2. The number of anilines is 3. The standard InChI is InChI=1S/C39H29N/c1-28-12-5-10-21-37(28)40(35-19-11-18-33(27-35)29-13-3-2-4-14-29)38-25-24-31-16-8-9-20-36(31)39(38)34-23-22-30-15-6-7-17-32(30)26-34/h2-27H,1H3. The zero-order valence-corrected chi connectivity index (χ0v) is 22.5. The molecule has 0 spiro atoms. The number of nitrogens with zero attached hydrogens (tertiary/aromatic N) is 1. The first-order valence-corrected chi connectivity index (χ1v) is 13.8. The Hall–Kier alpha value is -5.14. The molecule has 7 aromatic carbocycles. The van der Waals surface area contributed by atoms with Crippen LogP contribution in [0.25, 0.3) is 43.8 Å². The molecule has 190 valence electrons. The summed E-state index contributed by atoms with van der Waals surface area (Å²) in [7, 11) is 0. The van der Waals surface area contributed by atoms with Crippen molar-refractivity contribution in [2.45, 2.75) is 6.92 Å². The molecule has 7 aromatic rings. The van der Waals surface area contributed by atoms with E-state index in [1.165, 1.54) is 55.0 Å². The van der Waals surface area contributed by atoms with Crippen molar-refractivity contribution >= 4 is 38.6 Å². The molecule has 0 atom stereocenters. The second-order valence-electron chi connectivity index (χ2n) is 10.3. The lowest BCUT2D eigenvalue weighted by Gasteiger charge is -2.30. The van der Waals surface area contributed by atoms with Gasteiger partial charge >= 0.3 is 0 Å². The predicted octanol–water partition coefficient (Wildman–Crippen LogP) is 11.1. The lowest BCUT2D eigenvalue weighted by molar-refractivity contribution is 1.25. The molecule has 40 heavy (non-hydrogen) atoms. The highest BCUT2D eigenvalue weighted by Crippen LogP contribution is 2.46. The van der Waals surface area contributed by atoms with Gasteiger partial charge in [-0.05, 0) is 81.1 Å². The molecule has 1 heteroatoms. The Morgan fingerprint density at radius 1 is 0.400 bits per heavy atom. The molecule has 0 radical (unpaired) electrons. The maximum atomic E-state index is 2.43. The third-order valence-corrected chi connectivity index (χ3v) is 7.75. The smallest absolute Gasteiger partial charge is 0.0546 e. The fourth-order valence-electron chi connectivity index (χ4n) is 5.77. The van der Waals surface area contributed by atoms with Crippen LogP contribution in [0.4, 0.5) is 17.1 Å². The summed E-state index contributed by atoms with van der Waals surface area (Å²) in [6.45, 7) is 2.19. The Labute approximate surface area is 235 Å². The molecule has 7 rings (SSSR count). The molecule has 0 aliphatic carbocycles. The van der Waals surface area contributed by atoms with Crippen LogP contribution in [0.1, 0.15) is 5.56 Å². The molecule has 0 unspecified atom stereocenters. The van der Waals surface area contributed by atoms with E-state index in [0.29, 0.717) is 0 Å². The van der Waals surface area contributed by atoms with Crippen molar-refractivity contribution in [3.05, 3.63) is 163 Å². The molecule has 0 bridgehead atoms. The molecule has 0 heterocycles. The topological polar surface area (TPSA) is 3.24 Å². The molecule has 0 saturated heterocycles. The minimum Gasteiger partial charge on any atom is -0.310 e. The van der Waals surface area contributed by atoms with Crippen molar-refractivity contribution in [1.82, 2.24) is 0 Å². The van der Waals surface area contributed by atoms with Gasteiger partial charge in [-0.15, -0.1) is 0 Å². The Morgan fingerprint density at radius 2 is 1.07 bits per heavy atom. The molecule has 0 fully saturated rings. The highest BCUT2D eigenvalue weighted by Gasteiger charge is 2.21. The SMILES string of the molecule is Cc1ccccc1N(c1cccc(-c2ccccc2)c1)c1ccc2ccccc2c1-c1ccc2ccccc2c1. The van der Waals surface area contributed by atoms with Crippen LogP contribution in [0.3, 0.4) is 0 Å². The Balaban J connectivity index is 1.53. The van der Waals surface area contributed by atoms with Gasteiger partial charge in [0.25, 0.3) is 0 Å². The van der Waals surface area contributed by atoms with Crippen LogP contribution >= 0.6 is 0 Å². The molecule has 0 aliphatic heterocycles. The van der Waals surface area contributed by atoms with Gasteiger partial charge < -0.3 is 4.90 Å². The van der Waals surface area contributed by atoms with Gasteiger partial charge in [0, 0.05) is 16.9 Å². The van der Waals surface area contributed by atoms with E-state index < -0.39 is 0 Å². The molecule has 0 aromatic heterocycles. The largest absolute Gasteiger partial charge is 0.310 e.